The van der Waals surface area contributed by atoms with Crippen molar-refractivity contribution in [1.82, 2.24) is 9.29 Å². The second-order valence-corrected chi connectivity index (χ2v) is 12.2. The van der Waals surface area contributed by atoms with E-state index in [0.29, 0.717) is 11.1 Å². The third-order valence-electron chi connectivity index (χ3n) is 6.63. The Morgan fingerprint density at radius 3 is 2.38 bits per heavy atom. The maximum absolute atomic E-state index is 13.9. The van der Waals surface area contributed by atoms with Crippen molar-refractivity contribution in [3.8, 4) is 5.75 Å². The van der Waals surface area contributed by atoms with Crippen molar-refractivity contribution < 1.29 is 23.1 Å². The van der Waals surface area contributed by atoms with Gasteiger partial charge in [-0.25, -0.2) is 17.7 Å². The average molecular weight is 564 g/mol. The molecule has 5 rings (SSSR count). The van der Waals surface area contributed by atoms with Crippen LogP contribution in [0.1, 0.15) is 27.5 Å². The number of hydrogen-bond donors (Lipinski definition) is 1. The number of carbonyl (C=O) groups excluding carboxylic acids is 1. The molecule has 2 aromatic carbocycles. The summed E-state index contributed by atoms with van der Waals surface area (Å²) in [6.45, 7) is 0. The summed E-state index contributed by atoms with van der Waals surface area (Å²) >= 11 is 9.55. The van der Waals surface area contributed by atoms with E-state index in [9.17, 15) is 18.3 Å². The molecule has 1 aromatic heterocycles. The average Bonchev–Trinajstić information content (AvgIpc) is 2.80. The van der Waals surface area contributed by atoms with Gasteiger partial charge in [0, 0.05) is 30.8 Å². The van der Waals surface area contributed by atoms with E-state index in [-0.39, 0.29) is 16.5 Å². The Labute approximate surface area is 210 Å². The van der Waals surface area contributed by atoms with Crippen LogP contribution < -0.4 is 4.74 Å². The lowest BCUT2D eigenvalue weighted by atomic mass is 9.49. The van der Waals surface area contributed by atoms with Crippen molar-refractivity contribution in [2.45, 2.75) is 22.4 Å². The van der Waals surface area contributed by atoms with E-state index in [0.717, 1.165) is 8.78 Å². The van der Waals surface area contributed by atoms with Crippen LogP contribution in [0.15, 0.2) is 71.3 Å². The molecule has 1 N–H and O–H groups in total. The van der Waals surface area contributed by atoms with Crippen LogP contribution in [-0.2, 0) is 15.6 Å². The zero-order valence-corrected chi connectivity index (χ0v) is 21.3. The normalized spacial score (nSPS) is 28.0. The molecule has 4 atom stereocenters. The number of fused-ring (bicyclic) bond motifs is 2. The zero-order valence-electron chi connectivity index (χ0n) is 18.1. The molecule has 2 heterocycles. The second kappa shape index (κ2) is 7.86. The Bertz CT molecular complexity index is 1400. The van der Waals surface area contributed by atoms with Crippen LogP contribution in [0.25, 0.3) is 0 Å². The summed E-state index contributed by atoms with van der Waals surface area (Å²) in [5.74, 6) is -1.65. The third kappa shape index (κ3) is 2.97. The van der Waals surface area contributed by atoms with Gasteiger partial charge < -0.3 is 9.84 Å². The molecule has 1 saturated carbocycles. The van der Waals surface area contributed by atoms with E-state index < -0.39 is 38.2 Å². The van der Waals surface area contributed by atoms with Gasteiger partial charge in [0.1, 0.15) is 5.25 Å². The molecule has 0 spiro atoms. The summed E-state index contributed by atoms with van der Waals surface area (Å²) in [5.41, 5.74) is -3.28. The standard InChI is InChI=1S/C24H20BrClN2O5S/c1-28(2)34(31,32)22-19(14-6-4-3-5-7-14)24(15-8-10-16(25)11-9-15)23(22,30)21(29)20-18(33-24)12-17(26)13-27-20/h3-13,19,22,30H,1-2H3. The maximum Gasteiger partial charge on any atom is 0.222 e. The molecule has 0 saturated heterocycles. The van der Waals surface area contributed by atoms with E-state index in [1.54, 1.807) is 48.5 Å². The molecule has 0 amide bonds. The first-order valence-electron chi connectivity index (χ1n) is 10.4. The van der Waals surface area contributed by atoms with Crippen molar-refractivity contribution in [2.75, 3.05) is 14.1 Å². The number of hydrogen-bond acceptors (Lipinski definition) is 6. The summed E-state index contributed by atoms with van der Waals surface area (Å²) in [6.07, 6.45) is 1.26. The number of Topliss-reactive ketones (excluding diaryl/α,β-unsaturated/α-hetero) is 1. The van der Waals surface area contributed by atoms with E-state index in [2.05, 4.69) is 20.9 Å². The van der Waals surface area contributed by atoms with Gasteiger partial charge in [0.15, 0.2) is 22.6 Å². The molecule has 1 aliphatic carbocycles. The quantitative estimate of drug-likeness (QED) is 0.519. The Hall–Kier alpha value is -2.30. The Kier molecular flexibility index (Phi) is 5.42. The van der Waals surface area contributed by atoms with Crippen molar-refractivity contribution in [3.63, 3.8) is 0 Å². The number of carbonyl (C=O) groups is 1. The van der Waals surface area contributed by atoms with Gasteiger partial charge in [-0.2, -0.15) is 0 Å². The smallest absolute Gasteiger partial charge is 0.222 e. The van der Waals surface area contributed by atoms with Gasteiger partial charge in [-0.05, 0) is 23.3 Å². The van der Waals surface area contributed by atoms with Gasteiger partial charge in [-0.15, -0.1) is 0 Å². The van der Waals surface area contributed by atoms with Crippen LogP contribution in [0.4, 0.5) is 0 Å². The first kappa shape index (κ1) is 23.4. The van der Waals surface area contributed by atoms with Gasteiger partial charge in [0.05, 0.1) is 10.9 Å². The summed E-state index contributed by atoms with van der Waals surface area (Å²) in [6, 6.07) is 17.3. The van der Waals surface area contributed by atoms with Crippen molar-refractivity contribution in [2.24, 2.45) is 0 Å². The van der Waals surface area contributed by atoms with Crippen molar-refractivity contribution in [3.05, 3.63) is 93.2 Å². The number of ether oxygens (including phenoxy) is 1. The monoisotopic (exact) mass is 562 g/mol. The molecule has 34 heavy (non-hydrogen) atoms. The summed E-state index contributed by atoms with van der Waals surface area (Å²) in [7, 11) is -1.39. The van der Waals surface area contributed by atoms with Gasteiger partial charge in [0.25, 0.3) is 0 Å². The third-order valence-corrected chi connectivity index (χ3v) is 9.64. The fourth-order valence-electron chi connectivity index (χ4n) is 5.11. The van der Waals surface area contributed by atoms with E-state index >= 15 is 0 Å². The number of rotatable bonds is 4. The molecule has 10 heteroatoms. The van der Waals surface area contributed by atoms with Gasteiger partial charge in [0.2, 0.25) is 15.8 Å². The lowest BCUT2D eigenvalue weighted by Gasteiger charge is -2.65. The highest BCUT2D eigenvalue weighted by atomic mass is 79.9. The van der Waals surface area contributed by atoms with Gasteiger partial charge in [-0.3, -0.25) is 4.79 Å². The molecule has 0 bridgehead atoms. The summed E-state index contributed by atoms with van der Waals surface area (Å²) < 4.78 is 35.5. The predicted molar refractivity (Wildman–Crippen MR) is 131 cm³/mol. The predicted octanol–water partition coefficient (Wildman–Crippen LogP) is 3.76. The number of sulfonamides is 1. The number of aliphatic hydroxyl groups is 1. The minimum absolute atomic E-state index is 0.0896. The number of aromatic nitrogens is 1. The van der Waals surface area contributed by atoms with E-state index in [4.69, 9.17) is 16.3 Å². The van der Waals surface area contributed by atoms with Crippen LogP contribution >= 0.6 is 27.5 Å². The van der Waals surface area contributed by atoms with Crippen LogP contribution in [0, 0.1) is 0 Å². The molecule has 0 radical (unpaired) electrons. The van der Waals surface area contributed by atoms with Crippen LogP contribution in [0.3, 0.4) is 0 Å². The number of halogens is 2. The zero-order chi connectivity index (χ0) is 24.5. The van der Waals surface area contributed by atoms with Gasteiger partial charge >= 0.3 is 0 Å². The maximum atomic E-state index is 13.9. The fraction of sp³-hybridized carbons (Fsp3) is 0.250. The molecule has 3 aromatic rings. The topological polar surface area (TPSA) is 96.8 Å². The van der Waals surface area contributed by atoms with Gasteiger partial charge in [-0.1, -0.05) is 70.0 Å². The number of ketones is 1. The van der Waals surface area contributed by atoms with E-state index in [1.165, 1.54) is 26.4 Å². The van der Waals surface area contributed by atoms with Crippen LogP contribution in [-0.4, -0.2) is 53.5 Å². The molecule has 1 aliphatic heterocycles. The first-order valence-corrected chi connectivity index (χ1v) is 13.1. The van der Waals surface area contributed by atoms with E-state index in [1.807, 2.05) is 6.07 Å². The molecule has 4 unspecified atom stereocenters. The fourth-order valence-corrected chi connectivity index (χ4v) is 7.38. The lowest BCUT2D eigenvalue weighted by molar-refractivity contribution is -0.203. The highest BCUT2D eigenvalue weighted by Gasteiger charge is 2.83. The summed E-state index contributed by atoms with van der Waals surface area (Å²) in [5, 5.41) is 10.9. The second-order valence-electron chi connectivity index (χ2n) is 8.58. The van der Waals surface area contributed by atoms with Crippen LogP contribution in [0.2, 0.25) is 5.02 Å². The SMILES string of the molecule is CN(C)S(=O)(=O)C1C(c2ccccc2)C2(c3ccc(Br)cc3)Oc3cc(Cl)cnc3C(=O)C12O. The van der Waals surface area contributed by atoms with Crippen LogP contribution in [0.5, 0.6) is 5.75 Å². The Morgan fingerprint density at radius 1 is 1.12 bits per heavy atom. The first-order chi connectivity index (χ1) is 16.0. The molecule has 176 valence electrons. The highest BCUT2D eigenvalue weighted by molar-refractivity contribution is 9.10. The number of benzene rings is 2. The minimum Gasteiger partial charge on any atom is -0.476 e. The molecule has 7 nitrogen and oxygen atoms in total. The number of nitrogens with zero attached hydrogens (tertiary/aromatic N) is 2. The summed E-state index contributed by atoms with van der Waals surface area (Å²) in [4.78, 5) is 18.0. The molecular weight excluding hydrogens is 544 g/mol. The molecular formula is C24H20BrClN2O5S. The molecule has 2 aliphatic rings. The highest BCUT2D eigenvalue weighted by Crippen LogP contribution is 2.66. The Balaban J connectivity index is 1.87. The Morgan fingerprint density at radius 2 is 1.76 bits per heavy atom. The van der Waals surface area contributed by atoms with Crippen molar-refractivity contribution in [1.29, 1.82) is 0 Å². The van der Waals surface area contributed by atoms with Crippen molar-refractivity contribution >= 4 is 43.3 Å². The minimum atomic E-state index is -4.14. The number of pyridine rings is 1. The lowest BCUT2D eigenvalue weighted by Crippen LogP contribution is -2.84. The molecule has 1 fully saturated rings. The largest absolute Gasteiger partial charge is 0.476 e.